The van der Waals surface area contributed by atoms with Crippen molar-refractivity contribution in [2.75, 3.05) is 0 Å². The third kappa shape index (κ3) is 3.13. The Morgan fingerprint density at radius 1 is 1.19 bits per heavy atom. The number of alkyl halides is 3. The molecule has 1 aliphatic heterocycles. The number of amides is 1. The van der Waals surface area contributed by atoms with Crippen LogP contribution in [-0.2, 0) is 0 Å². The van der Waals surface area contributed by atoms with E-state index in [1.54, 1.807) is 0 Å². The Labute approximate surface area is 150 Å². The summed E-state index contributed by atoms with van der Waals surface area (Å²) in [5.41, 5.74) is -3.56. The third-order valence-corrected chi connectivity index (χ3v) is 4.15. The highest BCUT2D eigenvalue weighted by Crippen LogP contribution is 2.42. The lowest BCUT2D eigenvalue weighted by molar-refractivity contribution is -0.297. The SMILES string of the molecule is O=C(c1cccc(O)c1)N1N=C(c2ccc(Cl)cc2)C[C@]1(O)C(F)(F)F. The van der Waals surface area contributed by atoms with Gasteiger partial charge in [-0.25, -0.2) is 0 Å². The van der Waals surface area contributed by atoms with Crippen LogP contribution >= 0.6 is 11.6 Å². The Hall–Kier alpha value is -2.58. The lowest BCUT2D eigenvalue weighted by Crippen LogP contribution is -2.56. The van der Waals surface area contributed by atoms with E-state index in [1.807, 2.05) is 0 Å². The number of carbonyl (C=O) groups is 1. The van der Waals surface area contributed by atoms with Gasteiger partial charge in [0, 0.05) is 10.6 Å². The average molecular weight is 385 g/mol. The maximum absolute atomic E-state index is 13.5. The molecule has 2 aromatic rings. The smallest absolute Gasteiger partial charge is 0.438 e. The van der Waals surface area contributed by atoms with Crippen LogP contribution in [0.2, 0.25) is 5.02 Å². The van der Waals surface area contributed by atoms with Crippen LogP contribution in [0, 0.1) is 0 Å². The molecule has 0 spiro atoms. The predicted octanol–water partition coefficient (Wildman–Crippen LogP) is 3.55. The number of hydrogen-bond acceptors (Lipinski definition) is 4. The fourth-order valence-corrected chi connectivity index (χ4v) is 2.67. The first-order chi connectivity index (χ1) is 12.1. The number of carbonyl (C=O) groups excluding carboxylic acids is 1. The van der Waals surface area contributed by atoms with E-state index in [4.69, 9.17) is 11.6 Å². The van der Waals surface area contributed by atoms with Gasteiger partial charge in [0.2, 0.25) is 0 Å². The largest absolute Gasteiger partial charge is 0.508 e. The van der Waals surface area contributed by atoms with Crippen molar-refractivity contribution in [1.29, 1.82) is 0 Å². The van der Waals surface area contributed by atoms with Crippen molar-refractivity contribution in [3.05, 3.63) is 64.7 Å². The van der Waals surface area contributed by atoms with Gasteiger partial charge in [-0.05, 0) is 35.9 Å². The van der Waals surface area contributed by atoms with E-state index in [-0.39, 0.29) is 22.0 Å². The van der Waals surface area contributed by atoms with Crippen LogP contribution in [0.1, 0.15) is 22.3 Å². The molecule has 0 bridgehead atoms. The van der Waals surface area contributed by atoms with Gasteiger partial charge in [-0.1, -0.05) is 29.8 Å². The zero-order valence-electron chi connectivity index (χ0n) is 13.0. The number of phenols is 1. The minimum atomic E-state index is -5.14. The Kier molecular flexibility index (Phi) is 4.41. The molecule has 1 amide bonds. The second-order valence-electron chi connectivity index (χ2n) is 5.71. The molecule has 1 heterocycles. The molecule has 2 aromatic carbocycles. The van der Waals surface area contributed by atoms with E-state index >= 15 is 0 Å². The standard InChI is InChI=1S/C17H12ClF3N2O3/c18-12-6-4-10(5-7-12)14-9-16(26,17(19,20)21)23(22-14)15(25)11-2-1-3-13(24)8-11/h1-8,24,26H,9H2/t16-/m0/s1. The molecule has 0 aromatic heterocycles. The van der Waals surface area contributed by atoms with Gasteiger partial charge in [0.25, 0.3) is 11.6 Å². The molecule has 136 valence electrons. The van der Waals surface area contributed by atoms with Crippen molar-refractivity contribution in [2.24, 2.45) is 5.10 Å². The van der Waals surface area contributed by atoms with Crippen LogP contribution in [0.25, 0.3) is 0 Å². The van der Waals surface area contributed by atoms with Gasteiger partial charge in [0.05, 0.1) is 12.1 Å². The molecule has 2 N–H and O–H groups in total. The van der Waals surface area contributed by atoms with Crippen LogP contribution in [-0.4, -0.2) is 38.7 Å². The first-order valence-electron chi connectivity index (χ1n) is 7.38. The fourth-order valence-electron chi connectivity index (χ4n) is 2.54. The number of rotatable bonds is 2. The maximum Gasteiger partial charge on any atom is 0.438 e. The first kappa shape index (κ1) is 18.2. The molecule has 1 aliphatic rings. The Morgan fingerprint density at radius 3 is 2.42 bits per heavy atom. The summed E-state index contributed by atoms with van der Waals surface area (Å²) >= 11 is 5.76. The van der Waals surface area contributed by atoms with Crippen molar-refractivity contribution in [3.8, 4) is 5.75 Å². The topological polar surface area (TPSA) is 73.1 Å². The van der Waals surface area contributed by atoms with Gasteiger partial charge in [0.1, 0.15) is 5.75 Å². The van der Waals surface area contributed by atoms with E-state index in [2.05, 4.69) is 5.10 Å². The van der Waals surface area contributed by atoms with Gasteiger partial charge < -0.3 is 10.2 Å². The predicted molar refractivity (Wildman–Crippen MR) is 87.9 cm³/mol. The van der Waals surface area contributed by atoms with Crippen LogP contribution < -0.4 is 0 Å². The number of halogens is 4. The Balaban J connectivity index is 2.05. The summed E-state index contributed by atoms with van der Waals surface area (Å²) in [4.78, 5) is 12.5. The molecule has 0 aliphatic carbocycles. The second-order valence-corrected chi connectivity index (χ2v) is 6.15. The Bertz CT molecular complexity index is 884. The summed E-state index contributed by atoms with van der Waals surface area (Å²) in [5, 5.41) is 23.8. The highest BCUT2D eigenvalue weighted by Gasteiger charge is 2.63. The highest BCUT2D eigenvalue weighted by atomic mass is 35.5. The molecule has 0 radical (unpaired) electrons. The fraction of sp³-hybridized carbons (Fsp3) is 0.176. The van der Waals surface area contributed by atoms with E-state index in [0.717, 1.165) is 6.07 Å². The monoisotopic (exact) mass is 384 g/mol. The third-order valence-electron chi connectivity index (χ3n) is 3.90. The molecule has 1 atom stereocenters. The number of benzene rings is 2. The van der Waals surface area contributed by atoms with E-state index in [9.17, 15) is 28.2 Å². The molecular weight excluding hydrogens is 373 g/mol. The summed E-state index contributed by atoms with van der Waals surface area (Å²) in [5.74, 6) is -1.49. The summed E-state index contributed by atoms with van der Waals surface area (Å²) in [7, 11) is 0. The van der Waals surface area contributed by atoms with Crippen molar-refractivity contribution in [1.82, 2.24) is 5.01 Å². The lowest BCUT2D eigenvalue weighted by Gasteiger charge is -2.32. The molecule has 0 saturated carbocycles. The summed E-state index contributed by atoms with van der Waals surface area (Å²) in [6, 6.07) is 10.6. The average Bonchev–Trinajstić information content (AvgIpc) is 2.94. The zero-order valence-corrected chi connectivity index (χ0v) is 13.8. The number of nitrogens with zero attached hydrogens (tertiary/aromatic N) is 2. The zero-order chi connectivity index (χ0) is 19.1. The van der Waals surface area contributed by atoms with Crippen molar-refractivity contribution >= 4 is 23.2 Å². The number of aliphatic hydroxyl groups is 1. The minimum absolute atomic E-state index is 0.00567. The second kappa shape index (κ2) is 6.30. The van der Waals surface area contributed by atoms with Gasteiger partial charge >= 0.3 is 6.18 Å². The summed E-state index contributed by atoms with van der Waals surface area (Å²) < 4.78 is 40.5. The van der Waals surface area contributed by atoms with Gasteiger partial charge in [-0.3, -0.25) is 4.79 Å². The van der Waals surface area contributed by atoms with Gasteiger partial charge in [-0.2, -0.15) is 23.3 Å². The van der Waals surface area contributed by atoms with E-state index in [0.29, 0.717) is 10.6 Å². The molecule has 0 fully saturated rings. The molecular formula is C17H12ClF3N2O3. The molecule has 0 saturated heterocycles. The number of hydrazone groups is 1. The first-order valence-corrected chi connectivity index (χ1v) is 7.76. The van der Waals surface area contributed by atoms with Crippen molar-refractivity contribution < 1.29 is 28.2 Å². The highest BCUT2D eigenvalue weighted by molar-refractivity contribution is 6.30. The van der Waals surface area contributed by atoms with Crippen LogP contribution in [0.15, 0.2) is 53.6 Å². The van der Waals surface area contributed by atoms with Crippen LogP contribution in [0.4, 0.5) is 13.2 Å². The number of hydrogen-bond donors (Lipinski definition) is 2. The minimum Gasteiger partial charge on any atom is -0.508 e. The number of phenolic OH excluding ortho intramolecular Hbond substituents is 1. The van der Waals surface area contributed by atoms with Crippen molar-refractivity contribution in [2.45, 2.75) is 18.3 Å². The van der Waals surface area contributed by atoms with Crippen molar-refractivity contribution in [3.63, 3.8) is 0 Å². The van der Waals surface area contributed by atoms with Crippen LogP contribution in [0.5, 0.6) is 5.75 Å². The lowest BCUT2D eigenvalue weighted by atomic mass is 10.0. The molecule has 9 heteroatoms. The molecule has 0 unspecified atom stereocenters. The molecule has 26 heavy (non-hydrogen) atoms. The van der Waals surface area contributed by atoms with Gasteiger partial charge in [-0.15, -0.1) is 0 Å². The van der Waals surface area contributed by atoms with E-state index < -0.39 is 24.2 Å². The van der Waals surface area contributed by atoms with E-state index in [1.165, 1.54) is 42.5 Å². The molecule has 3 rings (SSSR count). The summed E-state index contributed by atoms with van der Waals surface area (Å²) in [6.07, 6.45) is -6.07. The molecule has 5 nitrogen and oxygen atoms in total. The Morgan fingerprint density at radius 2 is 1.85 bits per heavy atom. The van der Waals surface area contributed by atoms with Crippen LogP contribution in [0.3, 0.4) is 0 Å². The normalized spacial score (nSPS) is 20.2. The van der Waals surface area contributed by atoms with Gasteiger partial charge in [0.15, 0.2) is 0 Å². The number of aromatic hydroxyl groups is 1. The maximum atomic E-state index is 13.5. The quantitative estimate of drug-likeness (QED) is 0.831. The summed E-state index contributed by atoms with van der Waals surface area (Å²) in [6.45, 7) is 0.